The average molecular weight is 415 g/mol. The van der Waals surface area contributed by atoms with Crippen molar-refractivity contribution < 1.29 is 28.9 Å². The van der Waals surface area contributed by atoms with Gasteiger partial charge in [-0.3, -0.25) is 0 Å². The molecule has 1 unspecified atom stereocenters. The first-order valence-corrected chi connectivity index (χ1v) is 9.68. The summed E-state index contributed by atoms with van der Waals surface area (Å²) in [7, 11) is 4.79. The van der Waals surface area contributed by atoms with E-state index in [-0.39, 0.29) is 17.8 Å². The molecular weight excluding hydrogens is 386 g/mol. The molecule has 7 heteroatoms. The van der Waals surface area contributed by atoms with Gasteiger partial charge in [-0.2, -0.15) is 0 Å². The largest absolute Gasteiger partial charge is 0.508 e. The molecule has 0 saturated carbocycles. The molecule has 0 aliphatic carbocycles. The molecule has 0 spiro atoms. The summed E-state index contributed by atoms with van der Waals surface area (Å²) in [5, 5.41) is 9.24. The molecule has 0 radical (unpaired) electrons. The van der Waals surface area contributed by atoms with Gasteiger partial charge in [0, 0.05) is 24.2 Å². The first kappa shape index (κ1) is 23.2. The van der Waals surface area contributed by atoms with Crippen LogP contribution in [-0.4, -0.2) is 62.4 Å². The van der Waals surface area contributed by atoms with Crippen LogP contribution in [0.5, 0.6) is 11.5 Å². The number of phenols is 1. The van der Waals surface area contributed by atoms with Crippen LogP contribution in [0, 0.1) is 13.8 Å². The Morgan fingerprint density at radius 2 is 1.53 bits per heavy atom. The number of esters is 2. The number of likely N-dealkylation sites (N-methyl/N-ethyl adjacent to an activating group) is 1. The molecule has 1 saturated heterocycles. The second-order valence-corrected chi connectivity index (χ2v) is 7.15. The maximum absolute atomic E-state index is 11.6. The van der Waals surface area contributed by atoms with Crippen molar-refractivity contribution in [3.05, 3.63) is 58.7 Å². The van der Waals surface area contributed by atoms with E-state index in [2.05, 4.69) is 16.7 Å². The number of rotatable bonds is 4. The summed E-state index contributed by atoms with van der Waals surface area (Å²) in [5.74, 6) is 0.140. The van der Waals surface area contributed by atoms with Crippen molar-refractivity contribution in [1.29, 1.82) is 0 Å². The molecule has 162 valence electrons. The number of ether oxygens (including phenoxy) is 3. The third-order valence-electron chi connectivity index (χ3n) is 5.04. The summed E-state index contributed by atoms with van der Waals surface area (Å²) in [5.41, 5.74) is 2.36. The van der Waals surface area contributed by atoms with E-state index >= 15 is 0 Å². The minimum atomic E-state index is -0.427. The molecule has 1 N–H and O–H groups in total. The molecule has 0 bridgehead atoms. The van der Waals surface area contributed by atoms with E-state index in [1.807, 2.05) is 19.1 Å². The maximum Gasteiger partial charge on any atom is 0.338 e. The van der Waals surface area contributed by atoms with Gasteiger partial charge in [-0.25, -0.2) is 9.59 Å². The van der Waals surface area contributed by atoms with Crippen LogP contribution in [0.3, 0.4) is 0 Å². The molecule has 1 fully saturated rings. The summed E-state index contributed by atoms with van der Waals surface area (Å²) in [6.07, 6.45) is 1.24. The fourth-order valence-electron chi connectivity index (χ4n) is 3.20. The molecule has 3 rings (SSSR count). The van der Waals surface area contributed by atoms with E-state index in [0.29, 0.717) is 16.7 Å². The molecule has 30 heavy (non-hydrogen) atoms. The number of aromatic hydroxyl groups is 1. The second kappa shape index (κ2) is 10.6. The normalized spacial score (nSPS) is 15.7. The number of likely N-dealkylation sites (tertiary alicyclic amines) is 1. The number of methoxy groups -OCH3 is 2. The van der Waals surface area contributed by atoms with Crippen LogP contribution < -0.4 is 4.74 Å². The molecule has 2 aromatic rings. The highest BCUT2D eigenvalue weighted by Crippen LogP contribution is 2.25. The molecule has 7 nitrogen and oxygen atoms in total. The Kier molecular flexibility index (Phi) is 8.24. The Labute approximate surface area is 177 Å². The fourth-order valence-corrected chi connectivity index (χ4v) is 3.20. The summed E-state index contributed by atoms with van der Waals surface area (Å²) in [6, 6.07) is 10.2. The second-order valence-electron chi connectivity index (χ2n) is 7.15. The van der Waals surface area contributed by atoms with Crippen LogP contribution in [0.2, 0.25) is 0 Å². The average Bonchev–Trinajstić information content (AvgIpc) is 3.15. The molecule has 1 atom stereocenters. The van der Waals surface area contributed by atoms with Crippen molar-refractivity contribution >= 4 is 11.9 Å². The van der Waals surface area contributed by atoms with Crippen molar-refractivity contribution in [3.8, 4) is 11.5 Å². The molecular formula is C23H29NO6. The van der Waals surface area contributed by atoms with Crippen molar-refractivity contribution in [3.63, 3.8) is 0 Å². The first-order chi connectivity index (χ1) is 14.3. The van der Waals surface area contributed by atoms with Crippen molar-refractivity contribution in [2.45, 2.75) is 26.4 Å². The summed E-state index contributed by atoms with van der Waals surface area (Å²) >= 11 is 0. The molecule has 0 aromatic heterocycles. The quantitative estimate of drug-likeness (QED) is 0.767. The number of carbonyl (C=O) groups excluding carboxylic acids is 2. The lowest BCUT2D eigenvalue weighted by atomic mass is 10.1. The molecule has 2 aromatic carbocycles. The number of carbonyl (C=O) groups is 2. The summed E-state index contributed by atoms with van der Waals surface area (Å²) in [6.45, 7) is 5.55. The predicted octanol–water partition coefficient (Wildman–Crippen LogP) is 3.35. The monoisotopic (exact) mass is 415 g/mol. The smallest absolute Gasteiger partial charge is 0.338 e. The van der Waals surface area contributed by atoms with E-state index in [1.165, 1.54) is 20.3 Å². The Bertz CT molecular complexity index is 895. The van der Waals surface area contributed by atoms with Crippen LogP contribution in [0.25, 0.3) is 0 Å². The van der Waals surface area contributed by atoms with Gasteiger partial charge in [0.05, 0.1) is 25.3 Å². The van der Waals surface area contributed by atoms with Gasteiger partial charge in [0.25, 0.3) is 0 Å². The molecule has 0 amide bonds. The minimum absolute atomic E-state index is 0.109. The van der Waals surface area contributed by atoms with Gasteiger partial charge in [0.15, 0.2) is 0 Å². The third kappa shape index (κ3) is 5.73. The van der Waals surface area contributed by atoms with Gasteiger partial charge in [0.2, 0.25) is 0 Å². The van der Waals surface area contributed by atoms with Gasteiger partial charge in [-0.1, -0.05) is 12.1 Å². The van der Waals surface area contributed by atoms with Gasteiger partial charge < -0.3 is 24.2 Å². The summed E-state index contributed by atoms with van der Waals surface area (Å²) < 4.78 is 15.2. The van der Waals surface area contributed by atoms with E-state index in [0.717, 1.165) is 30.8 Å². The highest BCUT2D eigenvalue weighted by Gasteiger charge is 2.22. The van der Waals surface area contributed by atoms with Gasteiger partial charge in [-0.05, 0) is 51.6 Å². The Morgan fingerprint density at radius 3 is 2.07 bits per heavy atom. The van der Waals surface area contributed by atoms with Crippen LogP contribution in [0.1, 0.15) is 38.3 Å². The van der Waals surface area contributed by atoms with Crippen LogP contribution in [0.15, 0.2) is 36.4 Å². The lowest BCUT2D eigenvalue weighted by Gasteiger charge is -2.16. The standard InChI is InChI=1S/C14H19NO3.C9H10O3/c1-10-12(14(16)17-3)5-4-6-13(10)18-11-7-8-15(2)9-11;1-6-7(9(11)12-2)4-3-5-8(6)10/h4-6,11H,7-9H2,1-3H3;3-5,10H,1-2H3. The van der Waals surface area contributed by atoms with E-state index in [4.69, 9.17) is 9.47 Å². The van der Waals surface area contributed by atoms with Crippen LogP contribution >= 0.6 is 0 Å². The highest BCUT2D eigenvalue weighted by atomic mass is 16.5. The third-order valence-corrected chi connectivity index (χ3v) is 5.04. The Hall–Kier alpha value is -3.06. The first-order valence-electron chi connectivity index (χ1n) is 9.68. The molecule has 1 aliphatic rings. The number of hydrogen-bond donors (Lipinski definition) is 1. The Morgan fingerprint density at radius 1 is 0.967 bits per heavy atom. The number of benzene rings is 2. The summed E-state index contributed by atoms with van der Waals surface area (Å²) in [4.78, 5) is 24.9. The fraction of sp³-hybridized carbons (Fsp3) is 0.391. The number of nitrogens with zero attached hydrogens (tertiary/aromatic N) is 1. The number of hydrogen-bond acceptors (Lipinski definition) is 7. The zero-order valence-corrected chi connectivity index (χ0v) is 18.1. The molecule has 1 heterocycles. The Balaban J connectivity index is 0.000000232. The maximum atomic E-state index is 11.6. The van der Waals surface area contributed by atoms with Crippen molar-refractivity contribution in [2.24, 2.45) is 0 Å². The lowest BCUT2D eigenvalue weighted by Crippen LogP contribution is -2.22. The minimum Gasteiger partial charge on any atom is -0.508 e. The molecule has 1 aliphatic heterocycles. The zero-order valence-electron chi connectivity index (χ0n) is 18.1. The van der Waals surface area contributed by atoms with Gasteiger partial charge >= 0.3 is 11.9 Å². The highest BCUT2D eigenvalue weighted by molar-refractivity contribution is 5.92. The van der Waals surface area contributed by atoms with E-state index < -0.39 is 5.97 Å². The topological polar surface area (TPSA) is 85.3 Å². The van der Waals surface area contributed by atoms with Crippen LogP contribution in [0.4, 0.5) is 0 Å². The van der Waals surface area contributed by atoms with Crippen LogP contribution in [-0.2, 0) is 9.47 Å². The zero-order chi connectivity index (χ0) is 22.3. The SMILES string of the molecule is COC(=O)c1cccc(O)c1C.COC(=O)c1cccc(OC2CCN(C)C2)c1C. The van der Waals surface area contributed by atoms with Crippen molar-refractivity contribution in [2.75, 3.05) is 34.4 Å². The van der Waals surface area contributed by atoms with E-state index in [1.54, 1.807) is 25.1 Å². The lowest BCUT2D eigenvalue weighted by molar-refractivity contribution is 0.0590. The van der Waals surface area contributed by atoms with Crippen molar-refractivity contribution in [1.82, 2.24) is 4.90 Å². The van der Waals surface area contributed by atoms with E-state index in [9.17, 15) is 14.7 Å². The van der Waals surface area contributed by atoms with Gasteiger partial charge in [-0.15, -0.1) is 0 Å². The predicted molar refractivity (Wildman–Crippen MR) is 113 cm³/mol. The van der Waals surface area contributed by atoms with Gasteiger partial charge in [0.1, 0.15) is 17.6 Å². The number of phenolic OH excluding ortho intramolecular Hbond substituents is 1.